The Bertz CT molecular complexity index is 816. The van der Waals surface area contributed by atoms with E-state index in [1.807, 2.05) is 48.5 Å². The predicted octanol–water partition coefficient (Wildman–Crippen LogP) is 3.60. The summed E-state index contributed by atoms with van der Waals surface area (Å²) in [5, 5.41) is 3.34. The highest BCUT2D eigenvalue weighted by Gasteiger charge is 2.23. The van der Waals surface area contributed by atoms with Gasteiger partial charge in [-0.05, 0) is 47.7 Å². The van der Waals surface area contributed by atoms with E-state index in [9.17, 15) is 4.79 Å². The third kappa shape index (κ3) is 3.60. The van der Waals surface area contributed by atoms with E-state index in [4.69, 9.17) is 9.47 Å². The fourth-order valence-electron chi connectivity index (χ4n) is 2.19. The van der Waals surface area contributed by atoms with Crippen LogP contribution in [0.25, 0.3) is 6.08 Å². The van der Waals surface area contributed by atoms with Gasteiger partial charge in [-0.3, -0.25) is 4.79 Å². The number of nitrogens with zero attached hydrogens (tertiary/aromatic N) is 1. The van der Waals surface area contributed by atoms with Crippen LogP contribution in [-0.4, -0.2) is 25.3 Å². The van der Waals surface area contributed by atoms with Gasteiger partial charge < -0.3 is 14.8 Å². The van der Waals surface area contributed by atoms with E-state index in [1.54, 1.807) is 20.3 Å². The second kappa shape index (κ2) is 7.23. The lowest BCUT2D eigenvalue weighted by Gasteiger charge is -2.07. The highest BCUT2D eigenvalue weighted by atomic mass is 32.2. The Morgan fingerprint density at radius 2 is 1.79 bits per heavy atom. The number of thioether (sulfide) groups is 1. The molecule has 0 spiro atoms. The van der Waals surface area contributed by atoms with Crippen molar-refractivity contribution in [2.45, 2.75) is 0 Å². The van der Waals surface area contributed by atoms with Gasteiger partial charge >= 0.3 is 0 Å². The van der Waals surface area contributed by atoms with Crippen LogP contribution in [0.5, 0.6) is 11.5 Å². The van der Waals surface area contributed by atoms with Gasteiger partial charge in [-0.15, -0.1) is 0 Å². The first kappa shape index (κ1) is 16.1. The molecule has 1 aliphatic heterocycles. The molecule has 1 saturated heterocycles. The van der Waals surface area contributed by atoms with Crippen LogP contribution >= 0.6 is 11.8 Å². The second-order valence-corrected chi connectivity index (χ2v) is 5.96. The van der Waals surface area contributed by atoms with Crippen LogP contribution in [0.15, 0.2) is 58.4 Å². The largest absolute Gasteiger partial charge is 0.493 e. The average Bonchev–Trinajstić information content (AvgIpc) is 2.94. The number of rotatable bonds is 4. The lowest BCUT2D eigenvalue weighted by atomic mass is 10.2. The lowest BCUT2D eigenvalue weighted by molar-refractivity contribution is -0.115. The van der Waals surface area contributed by atoms with Gasteiger partial charge in [0.15, 0.2) is 16.7 Å². The van der Waals surface area contributed by atoms with E-state index in [-0.39, 0.29) is 5.91 Å². The molecular formula is C18H16N2O3S. The maximum atomic E-state index is 12.1. The maximum Gasteiger partial charge on any atom is 0.264 e. The van der Waals surface area contributed by atoms with E-state index in [0.717, 1.165) is 11.3 Å². The number of nitrogens with one attached hydrogen (secondary N) is 1. The molecule has 24 heavy (non-hydrogen) atoms. The molecule has 0 unspecified atom stereocenters. The fourth-order valence-corrected chi connectivity index (χ4v) is 3.04. The van der Waals surface area contributed by atoms with Gasteiger partial charge in [-0.2, -0.15) is 0 Å². The van der Waals surface area contributed by atoms with Crippen LogP contribution in [0.4, 0.5) is 5.69 Å². The number of hydrogen-bond donors (Lipinski definition) is 1. The Kier molecular flexibility index (Phi) is 4.86. The van der Waals surface area contributed by atoms with Crippen molar-refractivity contribution in [3.05, 3.63) is 59.0 Å². The van der Waals surface area contributed by atoms with Gasteiger partial charge in [0.25, 0.3) is 5.91 Å². The molecule has 6 heteroatoms. The number of carbonyl (C=O) groups excluding carboxylic acids is 1. The number of hydrogen-bond acceptors (Lipinski definition) is 5. The normalized spacial score (nSPS) is 17.2. The maximum absolute atomic E-state index is 12.1. The number of benzene rings is 2. The Morgan fingerprint density at radius 1 is 1.04 bits per heavy atom. The van der Waals surface area contributed by atoms with E-state index in [1.165, 1.54) is 11.8 Å². The Hall–Kier alpha value is -2.73. The van der Waals surface area contributed by atoms with E-state index in [2.05, 4.69) is 10.3 Å². The molecule has 0 radical (unpaired) electrons. The number of methoxy groups -OCH3 is 2. The SMILES string of the molecule is COc1ccc(/C=C2\SC(=Nc3ccccc3)NC2=O)cc1OC. The van der Waals surface area contributed by atoms with Crippen molar-refractivity contribution in [1.29, 1.82) is 0 Å². The molecule has 1 heterocycles. The summed E-state index contributed by atoms with van der Waals surface area (Å²) in [6.07, 6.45) is 1.80. The van der Waals surface area contributed by atoms with Gasteiger partial charge in [0.2, 0.25) is 0 Å². The molecular weight excluding hydrogens is 324 g/mol. The number of amides is 1. The molecule has 122 valence electrons. The summed E-state index contributed by atoms with van der Waals surface area (Å²) in [5.74, 6) is 1.10. The zero-order valence-electron chi connectivity index (χ0n) is 13.3. The molecule has 1 amide bonds. The average molecular weight is 340 g/mol. The van der Waals surface area contributed by atoms with Gasteiger partial charge in [-0.1, -0.05) is 24.3 Å². The molecule has 5 nitrogen and oxygen atoms in total. The molecule has 0 aliphatic carbocycles. The Balaban J connectivity index is 1.84. The molecule has 0 aromatic heterocycles. The van der Waals surface area contributed by atoms with Crippen molar-refractivity contribution in [1.82, 2.24) is 5.32 Å². The summed E-state index contributed by atoms with van der Waals surface area (Å²) in [6.45, 7) is 0. The van der Waals surface area contributed by atoms with E-state index in [0.29, 0.717) is 21.6 Å². The van der Waals surface area contributed by atoms with Crippen LogP contribution in [0.3, 0.4) is 0 Å². The minimum absolute atomic E-state index is 0.163. The summed E-state index contributed by atoms with van der Waals surface area (Å²) in [5.41, 5.74) is 1.65. The molecule has 0 bridgehead atoms. The van der Waals surface area contributed by atoms with Crippen molar-refractivity contribution in [3.8, 4) is 11.5 Å². The summed E-state index contributed by atoms with van der Waals surface area (Å²) >= 11 is 1.31. The molecule has 2 aromatic carbocycles. The number of para-hydroxylation sites is 1. The number of aliphatic imine (C=N–C) groups is 1. The minimum Gasteiger partial charge on any atom is -0.493 e. The van der Waals surface area contributed by atoms with Crippen molar-refractivity contribution in [3.63, 3.8) is 0 Å². The van der Waals surface area contributed by atoms with Crippen molar-refractivity contribution in [2.24, 2.45) is 4.99 Å². The summed E-state index contributed by atoms with van der Waals surface area (Å²) < 4.78 is 10.5. The minimum atomic E-state index is -0.163. The molecule has 2 aromatic rings. The molecule has 1 N–H and O–H groups in total. The van der Waals surface area contributed by atoms with Crippen LogP contribution < -0.4 is 14.8 Å². The summed E-state index contributed by atoms with van der Waals surface area (Å²) in [4.78, 5) is 17.1. The Labute approximate surface area is 144 Å². The molecule has 1 aliphatic rings. The topological polar surface area (TPSA) is 59.9 Å². The number of amidine groups is 1. The van der Waals surface area contributed by atoms with E-state index >= 15 is 0 Å². The van der Waals surface area contributed by atoms with Gasteiger partial charge in [0.1, 0.15) is 0 Å². The quantitative estimate of drug-likeness (QED) is 0.864. The molecule has 0 saturated carbocycles. The number of carbonyl (C=O) groups is 1. The van der Waals surface area contributed by atoms with Crippen LogP contribution in [-0.2, 0) is 4.79 Å². The van der Waals surface area contributed by atoms with Crippen LogP contribution in [0.1, 0.15) is 5.56 Å². The smallest absolute Gasteiger partial charge is 0.264 e. The highest BCUT2D eigenvalue weighted by Crippen LogP contribution is 2.31. The first-order valence-electron chi connectivity index (χ1n) is 7.26. The zero-order valence-corrected chi connectivity index (χ0v) is 14.1. The first-order chi connectivity index (χ1) is 11.7. The van der Waals surface area contributed by atoms with Crippen molar-refractivity contribution >= 4 is 34.6 Å². The number of ether oxygens (including phenoxy) is 2. The fraction of sp³-hybridized carbons (Fsp3) is 0.111. The third-order valence-corrected chi connectivity index (χ3v) is 4.25. The molecule has 0 atom stereocenters. The highest BCUT2D eigenvalue weighted by molar-refractivity contribution is 8.18. The molecule has 1 fully saturated rings. The van der Waals surface area contributed by atoms with Crippen LogP contribution in [0.2, 0.25) is 0 Å². The standard InChI is InChI=1S/C18H16N2O3S/c1-22-14-9-8-12(10-15(14)23-2)11-16-17(21)20-18(24-16)19-13-6-4-3-5-7-13/h3-11H,1-2H3,(H,19,20,21)/b16-11-. The zero-order chi connectivity index (χ0) is 16.9. The Morgan fingerprint density at radius 3 is 2.50 bits per heavy atom. The third-order valence-electron chi connectivity index (χ3n) is 3.34. The van der Waals surface area contributed by atoms with Crippen molar-refractivity contribution < 1.29 is 14.3 Å². The van der Waals surface area contributed by atoms with Gasteiger partial charge in [0.05, 0.1) is 24.8 Å². The summed E-state index contributed by atoms with van der Waals surface area (Å²) in [6, 6.07) is 15.0. The summed E-state index contributed by atoms with van der Waals surface area (Å²) in [7, 11) is 3.17. The van der Waals surface area contributed by atoms with Gasteiger partial charge in [0, 0.05) is 0 Å². The second-order valence-electron chi connectivity index (χ2n) is 4.93. The molecule has 3 rings (SSSR count). The van der Waals surface area contributed by atoms with Gasteiger partial charge in [-0.25, -0.2) is 4.99 Å². The lowest BCUT2D eigenvalue weighted by Crippen LogP contribution is -2.19. The van der Waals surface area contributed by atoms with E-state index < -0.39 is 0 Å². The predicted molar refractivity (Wildman–Crippen MR) is 96.8 cm³/mol. The van der Waals surface area contributed by atoms with Crippen LogP contribution in [0, 0.1) is 0 Å². The first-order valence-corrected chi connectivity index (χ1v) is 8.08. The monoisotopic (exact) mass is 340 g/mol. The van der Waals surface area contributed by atoms with Crippen molar-refractivity contribution in [2.75, 3.05) is 14.2 Å².